The molecule has 2 aromatic rings. The molecular weight excluding hydrogens is 429 g/mol. The smallest absolute Gasteiger partial charge is 0.350 e. The lowest BCUT2D eigenvalue weighted by Gasteiger charge is -2.29. The Morgan fingerprint density at radius 3 is 2.75 bits per heavy atom. The number of fused-ring (bicyclic) bond motifs is 1. The molecule has 1 saturated heterocycles. The Labute approximate surface area is 171 Å². The monoisotopic (exact) mass is 447 g/mol. The number of hydrogen-bond donors (Lipinski definition) is 0. The van der Waals surface area contributed by atoms with Gasteiger partial charge in [-0.25, -0.2) is 17.6 Å². The maximum atomic E-state index is 13.4. The molecule has 1 aliphatic heterocycles. The van der Waals surface area contributed by atoms with E-state index in [0.29, 0.717) is 23.1 Å². The molecular formula is C18H19ClFNO5S2. The molecule has 1 aliphatic rings. The van der Waals surface area contributed by atoms with Crippen molar-refractivity contribution in [3.8, 4) is 0 Å². The zero-order valence-electron chi connectivity index (χ0n) is 15.3. The fourth-order valence-corrected chi connectivity index (χ4v) is 6.43. The van der Waals surface area contributed by atoms with Gasteiger partial charge in [0.25, 0.3) is 5.91 Å². The first-order chi connectivity index (χ1) is 13.1. The maximum absolute atomic E-state index is 13.4. The first-order valence-electron chi connectivity index (χ1n) is 8.72. The maximum Gasteiger partial charge on any atom is 0.350 e. The van der Waals surface area contributed by atoms with E-state index in [-0.39, 0.29) is 21.4 Å². The first kappa shape index (κ1) is 21.0. The van der Waals surface area contributed by atoms with Gasteiger partial charge in [0.1, 0.15) is 10.7 Å². The van der Waals surface area contributed by atoms with Crippen molar-refractivity contribution in [2.75, 3.05) is 18.1 Å². The highest BCUT2D eigenvalue weighted by Crippen LogP contribution is 2.36. The van der Waals surface area contributed by atoms with Crippen molar-refractivity contribution in [1.82, 2.24) is 4.90 Å². The Morgan fingerprint density at radius 1 is 1.43 bits per heavy atom. The zero-order valence-corrected chi connectivity index (χ0v) is 17.7. The molecule has 0 saturated carbocycles. The first-order valence-corrected chi connectivity index (χ1v) is 11.7. The van der Waals surface area contributed by atoms with Crippen LogP contribution < -0.4 is 0 Å². The van der Waals surface area contributed by atoms with Crippen molar-refractivity contribution in [2.24, 2.45) is 0 Å². The number of carbonyl (C=O) groups is 2. The largest absolute Gasteiger partial charge is 0.448 e. The van der Waals surface area contributed by atoms with Crippen molar-refractivity contribution >= 4 is 54.7 Å². The van der Waals surface area contributed by atoms with Crippen molar-refractivity contribution in [3.05, 3.63) is 33.9 Å². The lowest BCUT2D eigenvalue weighted by Crippen LogP contribution is -2.46. The molecule has 0 spiro atoms. The fraction of sp³-hybridized carbons (Fsp3) is 0.444. The third kappa shape index (κ3) is 4.16. The van der Waals surface area contributed by atoms with E-state index in [0.717, 1.165) is 11.3 Å². The van der Waals surface area contributed by atoms with Crippen LogP contribution >= 0.6 is 22.9 Å². The number of hydrogen-bond acceptors (Lipinski definition) is 6. The molecule has 0 bridgehead atoms. The molecule has 6 nitrogen and oxygen atoms in total. The summed E-state index contributed by atoms with van der Waals surface area (Å²) in [6.45, 7) is 3.49. The predicted molar refractivity (Wildman–Crippen MR) is 106 cm³/mol. The topological polar surface area (TPSA) is 80.8 Å². The SMILES string of the molecule is CCN(C(=O)C(C)OC(=O)c1sc2cc(F)ccc2c1Cl)C1CCS(=O)(=O)C1. The molecule has 10 heteroatoms. The summed E-state index contributed by atoms with van der Waals surface area (Å²) in [5.41, 5.74) is 0. The molecule has 1 fully saturated rings. The van der Waals surface area contributed by atoms with Crippen LogP contribution in [0.4, 0.5) is 4.39 Å². The van der Waals surface area contributed by atoms with E-state index in [4.69, 9.17) is 16.3 Å². The van der Waals surface area contributed by atoms with Crippen LogP contribution in [0.25, 0.3) is 10.1 Å². The summed E-state index contributed by atoms with van der Waals surface area (Å²) in [5.74, 6) is -1.72. The summed E-state index contributed by atoms with van der Waals surface area (Å²) < 4.78 is 42.6. The minimum atomic E-state index is -3.15. The summed E-state index contributed by atoms with van der Waals surface area (Å²) in [5, 5.41) is 0.684. The lowest BCUT2D eigenvalue weighted by atomic mass is 10.2. The number of ether oxygens (including phenoxy) is 1. The molecule has 2 heterocycles. The molecule has 2 atom stereocenters. The van der Waals surface area contributed by atoms with E-state index < -0.39 is 39.7 Å². The summed E-state index contributed by atoms with van der Waals surface area (Å²) >= 11 is 7.21. The number of carbonyl (C=O) groups excluding carboxylic acids is 2. The van der Waals surface area contributed by atoms with E-state index in [1.54, 1.807) is 6.92 Å². The number of sulfone groups is 1. The van der Waals surface area contributed by atoms with Crippen LogP contribution in [0, 0.1) is 5.82 Å². The van der Waals surface area contributed by atoms with Crippen molar-refractivity contribution < 1.29 is 27.1 Å². The number of halogens is 2. The zero-order chi connectivity index (χ0) is 20.6. The summed E-state index contributed by atoms with van der Waals surface area (Å²) in [4.78, 5) is 26.8. The Morgan fingerprint density at radius 2 is 2.14 bits per heavy atom. The predicted octanol–water partition coefficient (Wildman–Crippen LogP) is 3.27. The van der Waals surface area contributed by atoms with Gasteiger partial charge in [0.15, 0.2) is 15.9 Å². The van der Waals surface area contributed by atoms with E-state index in [9.17, 15) is 22.4 Å². The van der Waals surface area contributed by atoms with Gasteiger partial charge < -0.3 is 9.64 Å². The second kappa shape index (κ2) is 7.96. The molecule has 3 rings (SSSR count). The number of rotatable bonds is 5. The highest BCUT2D eigenvalue weighted by Gasteiger charge is 2.36. The van der Waals surface area contributed by atoms with Crippen LogP contribution in [0.1, 0.15) is 29.9 Å². The third-order valence-electron chi connectivity index (χ3n) is 4.68. The number of thiophene rings is 1. The van der Waals surface area contributed by atoms with Gasteiger partial charge in [-0.3, -0.25) is 4.79 Å². The summed E-state index contributed by atoms with van der Waals surface area (Å²) in [6, 6.07) is 3.58. The van der Waals surface area contributed by atoms with Crippen LogP contribution in [0.2, 0.25) is 5.02 Å². The molecule has 1 aromatic carbocycles. The van der Waals surface area contributed by atoms with Gasteiger partial charge in [-0.1, -0.05) is 11.6 Å². The summed E-state index contributed by atoms with van der Waals surface area (Å²) in [7, 11) is -3.15. The van der Waals surface area contributed by atoms with Crippen molar-refractivity contribution in [3.63, 3.8) is 0 Å². The Hall–Kier alpha value is -1.71. The Kier molecular flexibility index (Phi) is 5.97. The Balaban J connectivity index is 1.74. The van der Waals surface area contributed by atoms with Gasteiger partial charge in [-0.15, -0.1) is 11.3 Å². The van der Waals surface area contributed by atoms with Crippen LogP contribution in [0.15, 0.2) is 18.2 Å². The van der Waals surface area contributed by atoms with Gasteiger partial charge >= 0.3 is 5.97 Å². The van der Waals surface area contributed by atoms with Crippen molar-refractivity contribution in [1.29, 1.82) is 0 Å². The van der Waals surface area contributed by atoms with Gasteiger partial charge in [0.05, 0.1) is 16.5 Å². The van der Waals surface area contributed by atoms with E-state index >= 15 is 0 Å². The Bertz CT molecular complexity index is 1040. The number of benzene rings is 1. The van der Waals surface area contributed by atoms with Gasteiger partial charge in [-0.05, 0) is 38.5 Å². The molecule has 0 aliphatic carbocycles. The highest BCUT2D eigenvalue weighted by molar-refractivity contribution is 7.91. The van der Waals surface area contributed by atoms with Crippen LogP contribution in [-0.2, 0) is 19.4 Å². The number of nitrogens with zero attached hydrogens (tertiary/aromatic N) is 1. The number of esters is 1. The molecule has 1 amide bonds. The van der Waals surface area contributed by atoms with Gasteiger partial charge in [0, 0.05) is 22.7 Å². The molecule has 0 radical (unpaired) electrons. The highest BCUT2D eigenvalue weighted by atomic mass is 35.5. The number of amides is 1. The average molecular weight is 448 g/mol. The molecule has 28 heavy (non-hydrogen) atoms. The van der Waals surface area contributed by atoms with E-state index in [2.05, 4.69) is 0 Å². The minimum Gasteiger partial charge on any atom is -0.448 e. The second-order valence-corrected chi connectivity index (χ2v) is 10.3. The summed E-state index contributed by atoms with van der Waals surface area (Å²) in [6.07, 6.45) is -0.732. The quantitative estimate of drug-likeness (QED) is 0.657. The van der Waals surface area contributed by atoms with Crippen LogP contribution in [0.5, 0.6) is 0 Å². The minimum absolute atomic E-state index is 0.0452. The standard InChI is InChI=1S/C18H19ClFNO5S2/c1-3-21(12-6-7-28(24,25)9-12)17(22)10(2)26-18(23)16-15(19)13-5-4-11(20)8-14(13)27-16/h4-5,8,10,12H,3,6-7,9H2,1-2H3. The van der Waals surface area contributed by atoms with Gasteiger partial charge in [-0.2, -0.15) is 0 Å². The normalized spacial score (nSPS) is 19.5. The number of likely N-dealkylation sites (N-methyl/N-ethyl adjacent to an activating group) is 1. The van der Waals surface area contributed by atoms with Gasteiger partial charge in [0.2, 0.25) is 0 Å². The lowest BCUT2D eigenvalue weighted by molar-refractivity contribution is -0.141. The average Bonchev–Trinajstić information content (AvgIpc) is 3.14. The van der Waals surface area contributed by atoms with E-state index in [1.807, 2.05) is 0 Å². The molecule has 152 valence electrons. The third-order valence-corrected chi connectivity index (χ3v) is 8.07. The second-order valence-electron chi connectivity index (χ2n) is 6.61. The molecule has 1 aromatic heterocycles. The van der Waals surface area contributed by atoms with Crippen molar-refractivity contribution in [2.45, 2.75) is 32.4 Å². The molecule has 0 N–H and O–H groups in total. The van der Waals surface area contributed by atoms with E-state index in [1.165, 1.54) is 30.0 Å². The fourth-order valence-electron chi connectivity index (χ4n) is 3.28. The van der Waals surface area contributed by atoms with Crippen LogP contribution in [-0.4, -0.2) is 55.4 Å². The molecule has 2 unspecified atom stereocenters. The van der Waals surface area contributed by atoms with Crippen LogP contribution in [0.3, 0.4) is 0 Å².